The Kier molecular flexibility index (Phi) is 3.25. The van der Waals surface area contributed by atoms with E-state index in [1.807, 2.05) is 24.3 Å². The highest BCUT2D eigenvalue weighted by Crippen LogP contribution is 2.31. The minimum Gasteiger partial charge on any atom is -0.397 e. The van der Waals surface area contributed by atoms with Crippen LogP contribution in [0.2, 0.25) is 0 Å². The first kappa shape index (κ1) is 12.5. The highest BCUT2D eigenvalue weighted by Gasteiger charge is 2.16. The van der Waals surface area contributed by atoms with E-state index in [0.29, 0.717) is 18.7 Å². The Hall–Kier alpha value is -2.56. The topological polar surface area (TPSA) is 80.0 Å². The molecule has 102 valence electrons. The summed E-state index contributed by atoms with van der Waals surface area (Å²) in [4.78, 5) is 15.3. The van der Waals surface area contributed by atoms with Gasteiger partial charge in [-0.1, -0.05) is 0 Å². The van der Waals surface area contributed by atoms with Gasteiger partial charge in [0.05, 0.1) is 11.4 Å². The number of rotatable bonds is 3. The predicted octanol–water partition coefficient (Wildman–Crippen LogP) is 2.16. The fraction of sp³-hybridized carbons (Fsp3) is 0.200. The van der Waals surface area contributed by atoms with E-state index in [4.69, 9.17) is 5.73 Å². The van der Waals surface area contributed by atoms with Gasteiger partial charge in [0.1, 0.15) is 0 Å². The van der Waals surface area contributed by atoms with E-state index in [-0.39, 0.29) is 5.91 Å². The monoisotopic (exact) mass is 268 g/mol. The normalized spacial score (nSPS) is 13.5. The van der Waals surface area contributed by atoms with Crippen molar-refractivity contribution >= 4 is 23.0 Å². The number of carbonyl (C=O) groups is 1. The molecule has 0 fully saturated rings. The van der Waals surface area contributed by atoms with Crippen molar-refractivity contribution in [2.24, 2.45) is 0 Å². The molecule has 20 heavy (non-hydrogen) atoms. The first-order valence-corrected chi connectivity index (χ1v) is 6.57. The number of hydrogen-bond acceptors (Lipinski definition) is 4. The number of carbonyl (C=O) groups excluding carboxylic acids is 1. The second-order valence-corrected chi connectivity index (χ2v) is 4.85. The van der Waals surface area contributed by atoms with E-state index in [9.17, 15) is 4.79 Å². The van der Waals surface area contributed by atoms with E-state index < -0.39 is 0 Å². The van der Waals surface area contributed by atoms with Crippen molar-refractivity contribution in [3.05, 3.63) is 47.8 Å². The van der Waals surface area contributed by atoms with Gasteiger partial charge in [-0.15, -0.1) is 0 Å². The maximum atomic E-state index is 11.4. The van der Waals surface area contributed by atoms with Crippen LogP contribution in [-0.2, 0) is 17.8 Å². The average molecular weight is 268 g/mol. The molecule has 1 aliphatic rings. The number of fused-ring (bicyclic) bond motifs is 1. The Morgan fingerprint density at radius 3 is 2.85 bits per heavy atom. The lowest BCUT2D eigenvalue weighted by Crippen LogP contribution is -2.19. The summed E-state index contributed by atoms with van der Waals surface area (Å²) < 4.78 is 0. The summed E-state index contributed by atoms with van der Waals surface area (Å²) in [5.41, 5.74) is 10.7. The standard InChI is InChI=1S/C15H16N4O/c16-12-8-13-11(1-2-15(20)19-13)7-14(12)18-9-10-3-5-17-6-4-10/h3-8,18H,1-2,9,16H2,(H,19,20). The number of aryl methyl sites for hydroxylation is 1. The summed E-state index contributed by atoms with van der Waals surface area (Å²) in [5.74, 6) is 0.0504. The number of nitrogens with one attached hydrogen (secondary N) is 2. The molecule has 3 rings (SSSR count). The van der Waals surface area contributed by atoms with Crippen LogP contribution in [0, 0.1) is 0 Å². The van der Waals surface area contributed by atoms with Gasteiger partial charge in [0, 0.05) is 31.0 Å². The molecule has 2 aromatic rings. The van der Waals surface area contributed by atoms with Crippen LogP contribution >= 0.6 is 0 Å². The molecule has 0 atom stereocenters. The van der Waals surface area contributed by atoms with Crippen molar-refractivity contribution in [2.45, 2.75) is 19.4 Å². The van der Waals surface area contributed by atoms with Crippen molar-refractivity contribution in [2.75, 3.05) is 16.4 Å². The molecule has 2 heterocycles. The fourth-order valence-corrected chi connectivity index (χ4v) is 2.30. The summed E-state index contributed by atoms with van der Waals surface area (Å²) in [6.07, 6.45) is 4.82. The van der Waals surface area contributed by atoms with Crippen molar-refractivity contribution in [1.82, 2.24) is 4.98 Å². The van der Waals surface area contributed by atoms with Crippen LogP contribution in [0.25, 0.3) is 0 Å². The summed E-state index contributed by atoms with van der Waals surface area (Å²) in [6.45, 7) is 0.692. The number of nitrogens with zero attached hydrogens (tertiary/aromatic N) is 1. The summed E-state index contributed by atoms with van der Waals surface area (Å²) in [6, 6.07) is 7.76. The van der Waals surface area contributed by atoms with Crippen LogP contribution in [0.1, 0.15) is 17.5 Å². The summed E-state index contributed by atoms with van der Waals surface area (Å²) in [7, 11) is 0. The van der Waals surface area contributed by atoms with Crippen LogP contribution in [-0.4, -0.2) is 10.9 Å². The minimum absolute atomic E-state index is 0.0504. The van der Waals surface area contributed by atoms with E-state index in [1.54, 1.807) is 12.4 Å². The zero-order valence-corrected chi connectivity index (χ0v) is 11.0. The van der Waals surface area contributed by atoms with Gasteiger partial charge in [0.15, 0.2) is 0 Å². The Morgan fingerprint density at radius 2 is 2.05 bits per heavy atom. The molecule has 0 aliphatic carbocycles. The molecule has 0 saturated carbocycles. The first-order chi connectivity index (χ1) is 9.72. The molecule has 5 heteroatoms. The summed E-state index contributed by atoms with van der Waals surface area (Å²) >= 11 is 0. The van der Waals surface area contributed by atoms with E-state index in [0.717, 1.165) is 28.9 Å². The maximum absolute atomic E-state index is 11.4. The fourth-order valence-electron chi connectivity index (χ4n) is 2.30. The molecule has 1 aliphatic heterocycles. The molecule has 0 spiro atoms. The van der Waals surface area contributed by atoms with E-state index in [2.05, 4.69) is 15.6 Å². The average Bonchev–Trinajstić information content (AvgIpc) is 2.46. The number of benzene rings is 1. The van der Waals surface area contributed by atoms with Crippen molar-refractivity contribution < 1.29 is 4.79 Å². The highest BCUT2D eigenvalue weighted by molar-refractivity contribution is 5.95. The third kappa shape index (κ3) is 2.56. The number of pyridine rings is 1. The van der Waals surface area contributed by atoms with Crippen molar-refractivity contribution in [3.63, 3.8) is 0 Å². The number of aromatic nitrogens is 1. The maximum Gasteiger partial charge on any atom is 0.224 e. The van der Waals surface area contributed by atoms with Gasteiger partial charge >= 0.3 is 0 Å². The van der Waals surface area contributed by atoms with Gasteiger partial charge in [-0.2, -0.15) is 0 Å². The van der Waals surface area contributed by atoms with Gasteiger partial charge in [0.2, 0.25) is 5.91 Å². The van der Waals surface area contributed by atoms with Gasteiger partial charge in [0.25, 0.3) is 0 Å². The molecule has 0 unspecified atom stereocenters. The summed E-state index contributed by atoms with van der Waals surface area (Å²) in [5, 5.41) is 6.17. The predicted molar refractivity (Wildman–Crippen MR) is 79.4 cm³/mol. The Labute approximate surface area is 117 Å². The zero-order valence-electron chi connectivity index (χ0n) is 11.0. The van der Waals surface area contributed by atoms with Crippen LogP contribution in [0.3, 0.4) is 0 Å². The molecule has 5 nitrogen and oxygen atoms in total. The third-order valence-corrected chi connectivity index (χ3v) is 3.40. The molecule has 0 radical (unpaired) electrons. The van der Waals surface area contributed by atoms with Gasteiger partial charge in [-0.25, -0.2) is 0 Å². The van der Waals surface area contributed by atoms with Crippen LogP contribution < -0.4 is 16.4 Å². The van der Waals surface area contributed by atoms with E-state index in [1.165, 1.54) is 0 Å². The molecule has 1 aromatic heterocycles. The number of amides is 1. The molecule has 1 aromatic carbocycles. The Balaban J connectivity index is 1.79. The second kappa shape index (κ2) is 5.21. The highest BCUT2D eigenvalue weighted by atomic mass is 16.1. The van der Waals surface area contributed by atoms with Crippen molar-refractivity contribution in [3.8, 4) is 0 Å². The molecule has 0 saturated heterocycles. The quantitative estimate of drug-likeness (QED) is 0.745. The zero-order chi connectivity index (χ0) is 13.9. The Bertz CT molecular complexity index is 640. The third-order valence-electron chi connectivity index (χ3n) is 3.40. The van der Waals surface area contributed by atoms with Gasteiger partial charge < -0.3 is 16.4 Å². The smallest absolute Gasteiger partial charge is 0.224 e. The van der Waals surface area contributed by atoms with Crippen LogP contribution in [0.5, 0.6) is 0 Å². The van der Waals surface area contributed by atoms with Gasteiger partial charge in [-0.3, -0.25) is 9.78 Å². The molecule has 4 N–H and O–H groups in total. The van der Waals surface area contributed by atoms with Gasteiger partial charge in [-0.05, 0) is 41.8 Å². The molecule has 0 bridgehead atoms. The first-order valence-electron chi connectivity index (χ1n) is 6.57. The number of anilines is 3. The molecular weight excluding hydrogens is 252 g/mol. The molecule has 1 amide bonds. The van der Waals surface area contributed by atoms with Crippen LogP contribution in [0.4, 0.5) is 17.1 Å². The van der Waals surface area contributed by atoms with Crippen LogP contribution in [0.15, 0.2) is 36.7 Å². The second-order valence-electron chi connectivity index (χ2n) is 4.85. The molecular formula is C15H16N4O. The minimum atomic E-state index is 0.0504. The SMILES string of the molecule is Nc1cc2c(cc1NCc1ccncc1)CCC(=O)N2. The van der Waals surface area contributed by atoms with Crippen molar-refractivity contribution in [1.29, 1.82) is 0 Å². The number of hydrogen-bond donors (Lipinski definition) is 3. The number of nitrogen functional groups attached to an aromatic ring is 1. The Morgan fingerprint density at radius 1 is 1.25 bits per heavy atom. The largest absolute Gasteiger partial charge is 0.397 e. The lowest BCUT2D eigenvalue weighted by molar-refractivity contribution is -0.116. The lowest BCUT2D eigenvalue weighted by Gasteiger charge is -2.19. The lowest BCUT2D eigenvalue weighted by atomic mass is 10.0. The van der Waals surface area contributed by atoms with E-state index >= 15 is 0 Å². The number of nitrogens with two attached hydrogens (primary N) is 1.